The molecule has 0 spiro atoms. The van der Waals surface area contributed by atoms with Gasteiger partial charge in [-0.25, -0.2) is 0 Å². The number of fused-ring (bicyclic) bond motifs is 1. The quantitative estimate of drug-likeness (QED) is 0.533. The molecule has 0 bridgehead atoms. The average Bonchev–Trinajstić information content (AvgIpc) is 2.74. The molecule has 4 rings (SSSR count). The minimum absolute atomic E-state index is 0.109. The highest BCUT2D eigenvalue weighted by Gasteiger charge is 2.21. The number of amides is 1. The highest BCUT2D eigenvalue weighted by molar-refractivity contribution is 8.04. The van der Waals surface area contributed by atoms with E-state index in [0.717, 1.165) is 33.2 Å². The third-order valence-corrected chi connectivity index (χ3v) is 5.44. The van der Waals surface area contributed by atoms with E-state index in [-0.39, 0.29) is 5.91 Å². The SMILES string of the molecule is CCOc1ccc2c(c1)S/C(=C/c1cccc(OCc3ccccc3)c1)C(=O)N2. The third-order valence-electron chi connectivity index (χ3n) is 4.36. The first kappa shape index (κ1) is 19.2. The van der Waals surface area contributed by atoms with Gasteiger partial charge < -0.3 is 14.8 Å². The largest absolute Gasteiger partial charge is 0.494 e. The van der Waals surface area contributed by atoms with Gasteiger partial charge in [0.1, 0.15) is 18.1 Å². The Morgan fingerprint density at radius 1 is 0.931 bits per heavy atom. The molecule has 4 nitrogen and oxygen atoms in total. The number of ether oxygens (including phenoxy) is 2. The van der Waals surface area contributed by atoms with E-state index in [1.54, 1.807) is 0 Å². The second-order valence-electron chi connectivity index (χ2n) is 6.50. The number of carbonyl (C=O) groups is 1. The normalized spacial score (nSPS) is 14.2. The van der Waals surface area contributed by atoms with Gasteiger partial charge in [-0.1, -0.05) is 54.2 Å². The Bertz CT molecular complexity index is 1050. The van der Waals surface area contributed by atoms with Gasteiger partial charge in [0, 0.05) is 4.90 Å². The summed E-state index contributed by atoms with van der Waals surface area (Å²) in [5, 5.41) is 2.95. The van der Waals surface area contributed by atoms with Crippen LogP contribution in [0.2, 0.25) is 0 Å². The van der Waals surface area contributed by atoms with Gasteiger partial charge >= 0.3 is 0 Å². The van der Waals surface area contributed by atoms with Gasteiger partial charge in [0.25, 0.3) is 5.91 Å². The van der Waals surface area contributed by atoms with E-state index < -0.39 is 0 Å². The van der Waals surface area contributed by atoms with Gasteiger partial charge in [0.2, 0.25) is 0 Å². The lowest BCUT2D eigenvalue weighted by Gasteiger charge is -2.19. The molecule has 1 amide bonds. The molecule has 29 heavy (non-hydrogen) atoms. The number of rotatable bonds is 6. The molecule has 0 saturated heterocycles. The Morgan fingerprint density at radius 2 is 1.76 bits per heavy atom. The average molecular weight is 404 g/mol. The molecule has 3 aromatic carbocycles. The molecule has 0 saturated carbocycles. The molecule has 0 radical (unpaired) electrons. The number of hydrogen-bond donors (Lipinski definition) is 1. The van der Waals surface area contributed by atoms with Crippen LogP contribution in [-0.4, -0.2) is 12.5 Å². The second-order valence-corrected chi connectivity index (χ2v) is 7.59. The first-order chi connectivity index (χ1) is 14.2. The number of benzene rings is 3. The molecule has 0 fully saturated rings. The molecule has 3 aromatic rings. The summed E-state index contributed by atoms with van der Waals surface area (Å²) in [4.78, 5) is 14.1. The van der Waals surface area contributed by atoms with Gasteiger partial charge in [0.15, 0.2) is 0 Å². The summed E-state index contributed by atoms with van der Waals surface area (Å²) >= 11 is 1.44. The molecule has 5 heteroatoms. The molecule has 146 valence electrons. The molecule has 0 unspecified atom stereocenters. The van der Waals surface area contributed by atoms with Crippen molar-refractivity contribution in [3.05, 3.63) is 88.8 Å². The van der Waals surface area contributed by atoms with E-state index in [1.165, 1.54) is 11.8 Å². The second kappa shape index (κ2) is 8.88. The van der Waals surface area contributed by atoms with Gasteiger partial charge in [-0.2, -0.15) is 0 Å². The Balaban J connectivity index is 1.51. The first-order valence-corrected chi connectivity index (χ1v) is 10.3. The molecule has 0 aromatic heterocycles. The maximum absolute atomic E-state index is 12.5. The number of nitrogens with one attached hydrogen (secondary N) is 1. The van der Waals surface area contributed by atoms with Crippen LogP contribution < -0.4 is 14.8 Å². The smallest absolute Gasteiger partial charge is 0.262 e. The van der Waals surface area contributed by atoms with Crippen LogP contribution in [0, 0.1) is 0 Å². The highest BCUT2D eigenvalue weighted by atomic mass is 32.2. The fraction of sp³-hybridized carbons (Fsp3) is 0.125. The number of thioether (sulfide) groups is 1. The van der Waals surface area contributed by atoms with Crippen molar-refractivity contribution in [1.29, 1.82) is 0 Å². The van der Waals surface area contributed by atoms with Crippen molar-refractivity contribution in [1.82, 2.24) is 0 Å². The van der Waals surface area contributed by atoms with Crippen LogP contribution in [0.15, 0.2) is 82.6 Å². The van der Waals surface area contributed by atoms with Crippen LogP contribution in [0.3, 0.4) is 0 Å². The third kappa shape index (κ3) is 4.81. The van der Waals surface area contributed by atoms with Crippen molar-refractivity contribution in [2.24, 2.45) is 0 Å². The van der Waals surface area contributed by atoms with Crippen molar-refractivity contribution in [2.75, 3.05) is 11.9 Å². The molecule has 1 N–H and O–H groups in total. The molecular formula is C24H21NO3S. The number of hydrogen-bond acceptors (Lipinski definition) is 4. The fourth-order valence-corrected chi connectivity index (χ4v) is 3.96. The molecule has 1 aliphatic heterocycles. The number of anilines is 1. The number of carbonyl (C=O) groups excluding carboxylic acids is 1. The molecule has 1 heterocycles. The Kier molecular flexibility index (Phi) is 5.86. The minimum atomic E-state index is -0.109. The van der Waals surface area contributed by atoms with E-state index in [2.05, 4.69) is 5.32 Å². The van der Waals surface area contributed by atoms with Crippen molar-refractivity contribution < 1.29 is 14.3 Å². The molecular weight excluding hydrogens is 382 g/mol. The monoisotopic (exact) mass is 403 g/mol. The van der Waals surface area contributed by atoms with Crippen LogP contribution in [0.4, 0.5) is 5.69 Å². The van der Waals surface area contributed by atoms with Crippen molar-refractivity contribution in [2.45, 2.75) is 18.4 Å². The lowest BCUT2D eigenvalue weighted by atomic mass is 10.2. The minimum Gasteiger partial charge on any atom is -0.494 e. The van der Waals surface area contributed by atoms with Crippen LogP contribution in [0.1, 0.15) is 18.1 Å². The van der Waals surface area contributed by atoms with Crippen molar-refractivity contribution in [3.8, 4) is 11.5 Å². The summed E-state index contributed by atoms with van der Waals surface area (Å²) < 4.78 is 11.5. The van der Waals surface area contributed by atoms with Crippen LogP contribution in [0.25, 0.3) is 6.08 Å². The lowest BCUT2D eigenvalue weighted by Crippen LogP contribution is -2.17. The van der Waals surface area contributed by atoms with Gasteiger partial charge in [-0.15, -0.1) is 0 Å². The van der Waals surface area contributed by atoms with E-state index >= 15 is 0 Å². The molecule has 0 aliphatic carbocycles. The zero-order chi connectivity index (χ0) is 20.1. The summed E-state index contributed by atoms with van der Waals surface area (Å²) in [6, 6.07) is 23.5. The summed E-state index contributed by atoms with van der Waals surface area (Å²) in [6.07, 6.45) is 1.88. The van der Waals surface area contributed by atoms with Crippen LogP contribution in [0.5, 0.6) is 11.5 Å². The van der Waals surface area contributed by atoms with Gasteiger partial charge in [0.05, 0.1) is 17.2 Å². The molecule has 1 aliphatic rings. The summed E-state index contributed by atoms with van der Waals surface area (Å²) in [7, 11) is 0. The van der Waals surface area contributed by atoms with Gasteiger partial charge in [-0.3, -0.25) is 4.79 Å². The summed E-state index contributed by atoms with van der Waals surface area (Å²) in [5.41, 5.74) is 2.83. The standard InChI is InChI=1S/C24H21NO3S/c1-2-27-20-11-12-21-22(15-20)29-23(24(26)25-21)14-18-9-6-10-19(13-18)28-16-17-7-4-3-5-8-17/h3-15H,2,16H2,1H3,(H,25,26)/b23-14+. The predicted molar refractivity (Wildman–Crippen MR) is 117 cm³/mol. The van der Waals surface area contributed by atoms with E-state index in [0.29, 0.717) is 18.1 Å². The van der Waals surface area contributed by atoms with Crippen LogP contribution in [-0.2, 0) is 11.4 Å². The maximum Gasteiger partial charge on any atom is 0.262 e. The Hall–Kier alpha value is -3.18. The zero-order valence-corrected chi connectivity index (χ0v) is 16.9. The van der Waals surface area contributed by atoms with E-state index in [9.17, 15) is 4.79 Å². The summed E-state index contributed by atoms with van der Waals surface area (Å²) in [6.45, 7) is 3.06. The van der Waals surface area contributed by atoms with E-state index in [1.807, 2.05) is 85.8 Å². The summed E-state index contributed by atoms with van der Waals surface area (Å²) in [5.74, 6) is 1.45. The Morgan fingerprint density at radius 3 is 2.59 bits per heavy atom. The van der Waals surface area contributed by atoms with Crippen LogP contribution >= 0.6 is 11.8 Å². The zero-order valence-electron chi connectivity index (χ0n) is 16.1. The highest BCUT2D eigenvalue weighted by Crippen LogP contribution is 2.40. The maximum atomic E-state index is 12.5. The lowest BCUT2D eigenvalue weighted by molar-refractivity contribution is -0.112. The van der Waals surface area contributed by atoms with Gasteiger partial charge in [-0.05, 0) is 54.5 Å². The topological polar surface area (TPSA) is 47.6 Å². The predicted octanol–water partition coefficient (Wildman–Crippen LogP) is 5.75. The van der Waals surface area contributed by atoms with Crippen molar-refractivity contribution >= 4 is 29.4 Å². The molecule has 0 atom stereocenters. The fourth-order valence-electron chi connectivity index (χ4n) is 2.98. The van der Waals surface area contributed by atoms with Crippen molar-refractivity contribution in [3.63, 3.8) is 0 Å². The van der Waals surface area contributed by atoms with E-state index in [4.69, 9.17) is 9.47 Å². The first-order valence-electron chi connectivity index (χ1n) is 9.46. The Labute approximate surface area is 174 Å².